The Morgan fingerprint density at radius 1 is 1.14 bits per heavy atom. The van der Waals surface area contributed by atoms with E-state index in [0.717, 1.165) is 17.0 Å². The third-order valence-corrected chi connectivity index (χ3v) is 10.1. The first-order valence-corrected chi connectivity index (χ1v) is 17.8. The molecule has 29 nitrogen and oxygen atoms in total. The number of rotatable bonds is 16. The van der Waals surface area contributed by atoms with Gasteiger partial charge in [-0.05, 0) is 22.2 Å². The molecule has 1 aliphatic heterocycles. The average molecular weight is 781 g/mol. The van der Waals surface area contributed by atoms with E-state index in [1.54, 1.807) is 0 Å². The second-order valence-corrected chi connectivity index (χ2v) is 14.0. The molecule has 51 heavy (non-hydrogen) atoms. The number of nitrogens with two attached hydrogens (primary N) is 1. The highest BCUT2D eigenvalue weighted by Crippen LogP contribution is 2.66. The van der Waals surface area contributed by atoms with E-state index < -0.39 is 83.6 Å². The largest absolute Gasteiger partial charge is 0.490 e. The van der Waals surface area contributed by atoms with Crippen molar-refractivity contribution in [1.82, 2.24) is 19.5 Å². The fraction of sp³-hybridized carbons (Fsp3) is 0.368. The molecular formula is C19H22N13O16P3. The summed E-state index contributed by atoms with van der Waals surface area (Å²) < 4.78 is 59.0. The number of esters is 1. The zero-order valence-corrected chi connectivity index (χ0v) is 27.5. The first-order chi connectivity index (χ1) is 23.8. The van der Waals surface area contributed by atoms with Crippen molar-refractivity contribution in [2.75, 3.05) is 24.2 Å². The minimum atomic E-state index is -5.93. The first-order valence-electron chi connectivity index (χ1n) is 13.3. The molecule has 1 fully saturated rings. The molecule has 0 spiro atoms. The Bertz CT molecular complexity index is 2080. The lowest BCUT2D eigenvalue weighted by atomic mass is 10.1. The second-order valence-electron chi connectivity index (χ2n) is 9.62. The summed E-state index contributed by atoms with van der Waals surface area (Å²) >= 11 is 0. The summed E-state index contributed by atoms with van der Waals surface area (Å²) in [5.41, 5.74) is 22.5. The highest BCUT2D eigenvalue weighted by Gasteiger charge is 2.50. The molecule has 2 aromatic heterocycles. The number of nitrogens with zero attached hydrogens (tertiary/aromatic N) is 11. The van der Waals surface area contributed by atoms with Crippen LogP contribution in [0.15, 0.2) is 34.8 Å². The number of aliphatic hydroxyl groups excluding tert-OH is 1. The third kappa shape index (κ3) is 9.92. The molecule has 274 valence electrons. The highest BCUT2D eigenvalue weighted by molar-refractivity contribution is 7.66. The van der Waals surface area contributed by atoms with Crippen molar-refractivity contribution in [2.45, 2.75) is 31.0 Å². The van der Waals surface area contributed by atoms with Crippen molar-refractivity contribution in [3.05, 3.63) is 55.5 Å². The number of nitrogens with one attached hydrogen (secondary N) is 1. The number of aliphatic hydroxyl groups is 1. The zero-order valence-electron chi connectivity index (χ0n) is 24.8. The Labute approximate surface area is 280 Å². The lowest BCUT2D eigenvalue weighted by molar-refractivity contribution is -0.383. The number of azide groups is 2. The molecule has 0 saturated carbocycles. The topological polar surface area (TPSA) is 438 Å². The van der Waals surface area contributed by atoms with E-state index in [2.05, 4.69) is 53.5 Å². The van der Waals surface area contributed by atoms with Gasteiger partial charge in [-0.2, -0.15) is 8.62 Å². The number of hydrogen-bond donors (Lipinski definition) is 7. The van der Waals surface area contributed by atoms with Crippen LogP contribution in [0.25, 0.3) is 32.0 Å². The first kappa shape index (κ1) is 39.0. The van der Waals surface area contributed by atoms with E-state index in [9.17, 15) is 43.5 Å². The number of ether oxygens (including phenoxy) is 2. The average Bonchev–Trinajstić information content (AvgIpc) is 3.52. The van der Waals surface area contributed by atoms with Crippen LogP contribution >= 0.6 is 23.5 Å². The number of benzene rings is 1. The molecule has 6 atom stereocenters. The van der Waals surface area contributed by atoms with Gasteiger partial charge in [0.2, 0.25) is 5.95 Å². The lowest BCUT2D eigenvalue weighted by Gasteiger charge is -2.22. The van der Waals surface area contributed by atoms with E-state index in [-0.39, 0.29) is 34.9 Å². The van der Waals surface area contributed by atoms with E-state index in [0.29, 0.717) is 0 Å². The molecule has 1 saturated heterocycles. The van der Waals surface area contributed by atoms with Gasteiger partial charge in [-0.15, -0.1) is 0 Å². The quantitative estimate of drug-likeness (QED) is 0.0208. The molecule has 2 unspecified atom stereocenters. The maximum absolute atomic E-state index is 12.9. The highest BCUT2D eigenvalue weighted by atomic mass is 31.3. The number of carbonyl (C=O) groups excluding carboxylic acids is 1. The predicted octanol–water partition coefficient (Wildman–Crippen LogP) is 2.22. The van der Waals surface area contributed by atoms with Gasteiger partial charge in [0.1, 0.15) is 24.2 Å². The van der Waals surface area contributed by atoms with Crippen molar-refractivity contribution < 1.29 is 70.7 Å². The molecule has 4 rings (SSSR count). The summed E-state index contributed by atoms with van der Waals surface area (Å²) in [6.45, 7) is -1.53. The van der Waals surface area contributed by atoms with E-state index >= 15 is 0 Å². The summed E-state index contributed by atoms with van der Waals surface area (Å²) in [4.78, 5) is 77.3. The maximum atomic E-state index is 12.9. The fourth-order valence-corrected chi connectivity index (χ4v) is 7.42. The van der Waals surface area contributed by atoms with Gasteiger partial charge in [-0.25, -0.2) is 28.6 Å². The number of phosphoric ester groups is 1. The Morgan fingerprint density at radius 2 is 1.84 bits per heavy atom. The summed E-state index contributed by atoms with van der Waals surface area (Å²) in [5, 5.41) is 32.0. The second kappa shape index (κ2) is 15.6. The van der Waals surface area contributed by atoms with Crippen molar-refractivity contribution in [3.63, 3.8) is 0 Å². The van der Waals surface area contributed by atoms with E-state index in [1.165, 1.54) is 12.1 Å². The van der Waals surface area contributed by atoms with Gasteiger partial charge >= 0.3 is 29.4 Å². The van der Waals surface area contributed by atoms with Crippen LogP contribution in [0.2, 0.25) is 0 Å². The molecule has 3 aromatic rings. The SMILES string of the molecule is [N-]=[N+]=Nc1ccc(NCCC(=O)O[C@H]2[C@@H](O)[C@H](n3c(N=[N+]=[N-])nc4c(N)ncnc43)O[C@@H]2COP(=O)(O)OP(=O)(O)OP(=O)(O)O)c([N+](=O)[O-])c1. The van der Waals surface area contributed by atoms with Crippen molar-refractivity contribution in [1.29, 1.82) is 0 Å². The van der Waals surface area contributed by atoms with Crippen LogP contribution in [0.3, 0.4) is 0 Å². The van der Waals surface area contributed by atoms with E-state index in [1.807, 2.05) is 0 Å². The molecule has 32 heteroatoms. The molecule has 0 bridgehead atoms. The molecule has 8 N–H and O–H groups in total. The van der Waals surface area contributed by atoms with Crippen molar-refractivity contribution in [3.8, 4) is 0 Å². The number of nitrogen functional groups attached to an aromatic ring is 1. The number of nitro groups is 1. The van der Waals surface area contributed by atoms with Crippen LogP contribution < -0.4 is 11.1 Å². The van der Waals surface area contributed by atoms with Crippen LogP contribution in [-0.2, 0) is 41.1 Å². The number of nitro benzene ring substituents is 1. The number of anilines is 2. The lowest BCUT2D eigenvalue weighted by Crippen LogP contribution is -2.38. The van der Waals surface area contributed by atoms with Crippen LogP contribution in [0.1, 0.15) is 12.6 Å². The maximum Gasteiger partial charge on any atom is 0.490 e. The third-order valence-electron chi connectivity index (χ3n) is 6.25. The van der Waals surface area contributed by atoms with Crippen molar-refractivity contribution >= 4 is 69.4 Å². The number of phosphoric acid groups is 3. The summed E-state index contributed by atoms with van der Waals surface area (Å²) in [6, 6.07) is 3.43. The van der Waals surface area contributed by atoms with Gasteiger partial charge in [0.25, 0.3) is 5.69 Å². The van der Waals surface area contributed by atoms with Crippen LogP contribution in [0.4, 0.5) is 28.8 Å². The standard InChI is InChI=1S/C19H22N13O16P3/c20-16-13-17(25-7-24-16)31(19(26-13)28-30-22)18-14(34)15(11(45-18)6-44-50(40,41)48-51(42,43)47-49(37,38)39)46-12(33)3-4-23-9-2-1-8(27-29-21)5-10(9)32(35)36/h1-2,5,7,11,14-15,18,23,34H,3-4,6H2,(H,40,41)(H,42,43)(H2,20,24,25)(H2,37,38,39)/t11-,14-,15-,18-/m1/s1. The van der Waals surface area contributed by atoms with Gasteiger partial charge in [-0.1, -0.05) is 11.2 Å². The van der Waals surface area contributed by atoms with Gasteiger partial charge < -0.3 is 45.2 Å². The monoisotopic (exact) mass is 781 g/mol. The van der Waals surface area contributed by atoms with Crippen molar-refractivity contribution in [2.24, 2.45) is 10.2 Å². The number of fused-ring (bicyclic) bond motifs is 1. The molecule has 1 aromatic carbocycles. The Morgan fingerprint density at radius 3 is 2.49 bits per heavy atom. The molecule has 0 radical (unpaired) electrons. The molecule has 3 heterocycles. The number of imidazole rings is 1. The van der Waals surface area contributed by atoms with Gasteiger partial charge in [0, 0.05) is 28.1 Å². The van der Waals surface area contributed by atoms with Gasteiger partial charge in [0.05, 0.1) is 18.0 Å². The molecule has 0 amide bonds. The van der Waals surface area contributed by atoms with E-state index in [4.69, 9.17) is 36.1 Å². The number of carbonyl (C=O) groups is 1. The van der Waals surface area contributed by atoms with Crippen LogP contribution in [0.5, 0.6) is 0 Å². The van der Waals surface area contributed by atoms with Gasteiger partial charge in [0.15, 0.2) is 29.3 Å². The minimum absolute atomic E-state index is 0.0652. The summed E-state index contributed by atoms with van der Waals surface area (Å²) in [7, 11) is -17.4. The van der Waals surface area contributed by atoms with Crippen LogP contribution in [-0.4, -0.2) is 86.6 Å². The Kier molecular flexibility index (Phi) is 11.9. The van der Waals surface area contributed by atoms with Gasteiger partial charge in [-0.3, -0.25) is 24.0 Å². The smallest absolute Gasteiger partial charge is 0.456 e. The van der Waals surface area contributed by atoms with Crippen LogP contribution in [0, 0.1) is 10.1 Å². The molecule has 1 aliphatic rings. The zero-order chi connectivity index (χ0) is 37.7. The molecule has 0 aliphatic carbocycles. The Hall–Kier alpha value is -4.81. The molecular weight excluding hydrogens is 759 g/mol. The number of hydrogen-bond acceptors (Lipinski definition) is 19. The number of aromatic nitrogens is 4. The minimum Gasteiger partial charge on any atom is -0.456 e. The normalized spacial score (nSPS) is 21.1. The summed E-state index contributed by atoms with van der Waals surface area (Å²) in [6.07, 6.45) is -6.91. The fourth-order valence-electron chi connectivity index (χ4n) is 4.39. The Balaban J connectivity index is 1.58. The predicted molar refractivity (Wildman–Crippen MR) is 163 cm³/mol. The summed E-state index contributed by atoms with van der Waals surface area (Å²) in [5.74, 6) is -1.81.